The van der Waals surface area contributed by atoms with E-state index in [9.17, 15) is 0 Å². The van der Waals surface area contributed by atoms with Gasteiger partial charge in [-0.1, -0.05) is 0 Å². The molecule has 0 amide bonds. The van der Waals surface area contributed by atoms with Gasteiger partial charge in [-0.15, -0.1) is 12.3 Å². The summed E-state index contributed by atoms with van der Waals surface area (Å²) in [5.74, 6) is 2.59. The lowest BCUT2D eigenvalue weighted by molar-refractivity contribution is 0.658. The Morgan fingerprint density at radius 2 is 2.40 bits per heavy atom. The van der Waals surface area contributed by atoms with E-state index in [0.717, 1.165) is 31.5 Å². The largest absolute Gasteiger partial charge is 0.313 e. The maximum Gasteiger partial charge on any atom is 0.140 e. The summed E-state index contributed by atoms with van der Waals surface area (Å²) in [5.41, 5.74) is 1.53. The minimum Gasteiger partial charge on any atom is -0.313 e. The van der Waals surface area contributed by atoms with Crippen molar-refractivity contribution in [2.45, 2.75) is 19.4 Å². The van der Waals surface area contributed by atoms with Crippen LogP contribution in [-0.2, 0) is 6.54 Å². The molecule has 0 bridgehead atoms. The van der Waals surface area contributed by atoms with Crippen molar-refractivity contribution in [3.8, 4) is 18.4 Å². The van der Waals surface area contributed by atoms with Crippen molar-refractivity contribution in [2.75, 3.05) is 6.54 Å². The molecule has 15 heavy (non-hydrogen) atoms. The summed E-state index contributed by atoms with van der Waals surface area (Å²) in [7, 11) is 0. The van der Waals surface area contributed by atoms with Crippen molar-refractivity contribution in [2.24, 2.45) is 0 Å². The molecule has 1 heterocycles. The number of terminal acetylenes is 1. The van der Waals surface area contributed by atoms with Gasteiger partial charge in [0, 0.05) is 19.2 Å². The van der Waals surface area contributed by atoms with Gasteiger partial charge in [0.05, 0.1) is 0 Å². The molecular formula is C12H13N3. The Balaban J connectivity index is 2.32. The van der Waals surface area contributed by atoms with E-state index in [-0.39, 0.29) is 0 Å². The predicted octanol–water partition coefficient (Wildman–Crippen LogP) is 1.46. The average molecular weight is 199 g/mol. The van der Waals surface area contributed by atoms with Crippen LogP contribution in [0.3, 0.4) is 0 Å². The van der Waals surface area contributed by atoms with Crippen molar-refractivity contribution in [1.82, 2.24) is 10.3 Å². The van der Waals surface area contributed by atoms with Crippen molar-refractivity contribution in [1.29, 1.82) is 5.26 Å². The third-order valence-electron chi connectivity index (χ3n) is 1.94. The molecule has 0 radical (unpaired) electrons. The molecule has 0 spiro atoms. The van der Waals surface area contributed by atoms with Gasteiger partial charge in [-0.05, 0) is 30.7 Å². The third-order valence-corrected chi connectivity index (χ3v) is 1.94. The standard InChI is InChI=1S/C12H13N3/c1-2-3-4-6-14-10-11-5-7-15-12(8-11)9-13/h1,5,7-8,14H,3-4,6,10H2. The smallest absolute Gasteiger partial charge is 0.140 e. The quantitative estimate of drug-likeness (QED) is 0.577. The number of nitrogens with one attached hydrogen (secondary N) is 1. The minimum atomic E-state index is 0.456. The molecule has 0 aliphatic carbocycles. The fourth-order valence-electron chi connectivity index (χ4n) is 1.19. The molecule has 0 atom stereocenters. The Morgan fingerprint density at radius 1 is 1.53 bits per heavy atom. The molecule has 0 aromatic carbocycles. The summed E-state index contributed by atoms with van der Waals surface area (Å²) < 4.78 is 0. The van der Waals surface area contributed by atoms with E-state index in [1.807, 2.05) is 12.1 Å². The van der Waals surface area contributed by atoms with Crippen LogP contribution < -0.4 is 5.32 Å². The zero-order chi connectivity index (χ0) is 10.9. The van der Waals surface area contributed by atoms with Crippen LogP contribution in [0.2, 0.25) is 0 Å². The van der Waals surface area contributed by atoms with Gasteiger partial charge in [0.2, 0.25) is 0 Å². The molecule has 0 unspecified atom stereocenters. The topological polar surface area (TPSA) is 48.7 Å². The highest BCUT2D eigenvalue weighted by molar-refractivity contribution is 5.25. The van der Waals surface area contributed by atoms with Crippen LogP contribution in [0.4, 0.5) is 0 Å². The minimum absolute atomic E-state index is 0.456. The second kappa shape index (κ2) is 6.59. The summed E-state index contributed by atoms with van der Waals surface area (Å²) in [6.07, 6.45) is 8.56. The first-order valence-electron chi connectivity index (χ1n) is 4.86. The first-order valence-corrected chi connectivity index (χ1v) is 4.86. The third kappa shape index (κ3) is 4.26. The molecule has 1 aromatic rings. The first kappa shape index (κ1) is 11.2. The summed E-state index contributed by atoms with van der Waals surface area (Å²) >= 11 is 0. The molecule has 0 aliphatic rings. The average Bonchev–Trinajstić information content (AvgIpc) is 2.29. The number of unbranched alkanes of at least 4 members (excludes halogenated alkanes) is 1. The SMILES string of the molecule is C#CCCCNCc1ccnc(C#N)c1. The fraction of sp³-hybridized carbons (Fsp3) is 0.333. The normalized spacial score (nSPS) is 9.20. The van der Waals surface area contributed by atoms with Gasteiger partial charge in [0.25, 0.3) is 0 Å². The van der Waals surface area contributed by atoms with Crippen LogP contribution in [0.25, 0.3) is 0 Å². The second-order valence-electron chi connectivity index (χ2n) is 3.15. The molecule has 1 aromatic heterocycles. The van der Waals surface area contributed by atoms with Gasteiger partial charge in [0.15, 0.2) is 0 Å². The number of rotatable bonds is 5. The van der Waals surface area contributed by atoms with Gasteiger partial charge in [-0.2, -0.15) is 5.26 Å². The van der Waals surface area contributed by atoms with Gasteiger partial charge in [0.1, 0.15) is 11.8 Å². The van der Waals surface area contributed by atoms with Gasteiger partial charge < -0.3 is 5.32 Å². The summed E-state index contributed by atoms with van der Waals surface area (Å²) in [4.78, 5) is 3.90. The van der Waals surface area contributed by atoms with Crippen LogP contribution in [0.1, 0.15) is 24.1 Å². The maximum atomic E-state index is 8.65. The van der Waals surface area contributed by atoms with E-state index in [1.165, 1.54) is 0 Å². The predicted molar refractivity (Wildman–Crippen MR) is 58.7 cm³/mol. The molecule has 3 nitrogen and oxygen atoms in total. The molecular weight excluding hydrogens is 186 g/mol. The highest BCUT2D eigenvalue weighted by atomic mass is 14.8. The van der Waals surface area contributed by atoms with Crippen molar-refractivity contribution in [3.05, 3.63) is 29.6 Å². The summed E-state index contributed by atoms with van der Waals surface area (Å²) in [6, 6.07) is 5.70. The fourth-order valence-corrected chi connectivity index (χ4v) is 1.19. The van der Waals surface area contributed by atoms with Gasteiger partial charge in [-0.3, -0.25) is 0 Å². The maximum absolute atomic E-state index is 8.65. The van der Waals surface area contributed by atoms with Crippen LogP contribution in [0, 0.1) is 23.7 Å². The van der Waals surface area contributed by atoms with Gasteiger partial charge in [-0.25, -0.2) is 4.98 Å². The van der Waals surface area contributed by atoms with Crippen LogP contribution in [0.5, 0.6) is 0 Å². The van der Waals surface area contributed by atoms with E-state index in [0.29, 0.717) is 5.69 Å². The number of hydrogen-bond acceptors (Lipinski definition) is 3. The summed E-state index contributed by atoms with van der Waals surface area (Å²) in [5, 5.41) is 11.9. The van der Waals surface area contributed by atoms with E-state index in [2.05, 4.69) is 16.2 Å². The molecule has 1 N–H and O–H groups in total. The molecule has 0 fully saturated rings. The monoisotopic (exact) mass is 199 g/mol. The van der Waals surface area contributed by atoms with Crippen molar-refractivity contribution < 1.29 is 0 Å². The lowest BCUT2D eigenvalue weighted by atomic mass is 10.2. The lowest BCUT2D eigenvalue weighted by Gasteiger charge is -2.03. The van der Waals surface area contributed by atoms with E-state index < -0.39 is 0 Å². The number of nitrogens with zero attached hydrogens (tertiary/aromatic N) is 2. The number of pyridine rings is 1. The Bertz CT molecular complexity index is 385. The van der Waals surface area contributed by atoms with Crippen LogP contribution in [0.15, 0.2) is 18.3 Å². The first-order chi connectivity index (χ1) is 7.36. The van der Waals surface area contributed by atoms with E-state index in [4.69, 9.17) is 11.7 Å². The molecule has 1 rings (SSSR count). The number of hydrogen-bond donors (Lipinski definition) is 1. The Hall–Kier alpha value is -1.84. The molecule has 0 aliphatic heterocycles. The Morgan fingerprint density at radius 3 is 3.13 bits per heavy atom. The summed E-state index contributed by atoms with van der Waals surface area (Å²) in [6.45, 7) is 1.65. The lowest BCUT2D eigenvalue weighted by Crippen LogP contribution is -2.14. The van der Waals surface area contributed by atoms with Crippen LogP contribution in [-0.4, -0.2) is 11.5 Å². The highest BCUT2D eigenvalue weighted by Gasteiger charge is 1.95. The van der Waals surface area contributed by atoms with Gasteiger partial charge >= 0.3 is 0 Å². The van der Waals surface area contributed by atoms with Crippen molar-refractivity contribution >= 4 is 0 Å². The highest BCUT2D eigenvalue weighted by Crippen LogP contribution is 2.00. The zero-order valence-corrected chi connectivity index (χ0v) is 8.53. The molecule has 76 valence electrons. The van der Waals surface area contributed by atoms with E-state index in [1.54, 1.807) is 12.3 Å². The van der Waals surface area contributed by atoms with E-state index >= 15 is 0 Å². The zero-order valence-electron chi connectivity index (χ0n) is 8.53. The molecule has 0 saturated carbocycles. The van der Waals surface area contributed by atoms with Crippen LogP contribution >= 0.6 is 0 Å². The van der Waals surface area contributed by atoms with Crippen molar-refractivity contribution in [3.63, 3.8) is 0 Å². The molecule has 0 saturated heterocycles. The Labute approximate surface area is 90.1 Å². The Kier molecular flexibility index (Phi) is 4.94. The number of nitriles is 1. The molecule has 3 heteroatoms. The second-order valence-corrected chi connectivity index (χ2v) is 3.15. The number of aromatic nitrogens is 1.